The summed E-state index contributed by atoms with van der Waals surface area (Å²) in [6.07, 6.45) is 4.38. The number of amides is 1. The summed E-state index contributed by atoms with van der Waals surface area (Å²) in [5.41, 5.74) is 2.49. The lowest BCUT2D eigenvalue weighted by atomic mass is 10.2. The van der Waals surface area contributed by atoms with Crippen LogP contribution in [0, 0.1) is 0 Å². The number of aryl methyl sites for hydroxylation is 1. The molecule has 3 aromatic rings. The lowest BCUT2D eigenvalue weighted by Crippen LogP contribution is -2.13. The van der Waals surface area contributed by atoms with Crippen LogP contribution in [-0.4, -0.2) is 23.0 Å². The maximum Gasteiger partial charge on any atom is 0.224 e. The van der Waals surface area contributed by atoms with E-state index in [1.165, 1.54) is 0 Å². The summed E-state index contributed by atoms with van der Waals surface area (Å²) in [5.74, 6) is 0.466. The number of carbonyl (C=O) groups is 1. The summed E-state index contributed by atoms with van der Waals surface area (Å²) in [4.78, 5) is 20.8. The summed E-state index contributed by atoms with van der Waals surface area (Å²) in [6.45, 7) is 0. The molecule has 2 aromatic heterocycles. The Kier molecular flexibility index (Phi) is 5.63. The molecule has 0 aliphatic rings. The van der Waals surface area contributed by atoms with Crippen LogP contribution < -0.4 is 10.1 Å². The van der Waals surface area contributed by atoms with Crippen LogP contribution in [0.1, 0.15) is 11.4 Å². The van der Waals surface area contributed by atoms with Gasteiger partial charge < -0.3 is 10.1 Å². The third-order valence-electron chi connectivity index (χ3n) is 3.53. The van der Waals surface area contributed by atoms with E-state index in [1.807, 2.05) is 17.5 Å². The molecule has 7 heteroatoms. The molecule has 5 nitrogen and oxygen atoms in total. The Morgan fingerprint density at radius 2 is 2.08 bits per heavy atom. The highest BCUT2D eigenvalue weighted by Crippen LogP contribution is 2.28. The van der Waals surface area contributed by atoms with Crippen LogP contribution in [0.25, 0.3) is 11.3 Å². The van der Waals surface area contributed by atoms with Crippen LogP contribution in [0.4, 0.5) is 5.69 Å². The van der Waals surface area contributed by atoms with Crippen molar-refractivity contribution in [3.63, 3.8) is 0 Å². The van der Waals surface area contributed by atoms with Crippen LogP contribution in [0.2, 0.25) is 5.02 Å². The van der Waals surface area contributed by atoms with Crippen molar-refractivity contribution in [3.8, 4) is 17.0 Å². The fourth-order valence-corrected chi connectivity index (χ4v) is 3.27. The summed E-state index contributed by atoms with van der Waals surface area (Å²) in [5, 5.41) is 6.28. The average Bonchev–Trinajstić information content (AvgIpc) is 3.10. The number of anilines is 1. The molecular formula is C18H16ClN3O2S. The topological polar surface area (TPSA) is 64.1 Å². The first kappa shape index (κ1) is 17.4. The van der Waals surface area contributed by atoms with E-state index in [0.717, 1.165) is 16.3 Å². The predicted octanol–water partition coefficient (Wildman–Crippen LogP) is 4.44. The number of thiazole rings is 1. The van der Waals surface area contributed by atoms with Crippen LogP contribution in [0.15, 0.2) is 48.1 Å². The Morgan fingerprint density at radius 3 is 2.84 bits per heavy atom. The van der Waals surface area contributed by atoms with Gasteiger partial charge in [-0.1, -0.05) is 11.6 Å². The minimum absolute atomic E-state index is 0.110. The van der Waals surface area contributed by atoms with Crippen molar-refractivity contribution in [1.82, 2.24) is 9.97 Å². The molecule has 0 saturated heterocycles. The Bertz CT molecular complexity index is 868. The summed E-state index contributed by atoms with van der Waals surface area (Å²) < 4.78 is 5.23. The molecule has 1 aromatic carbocycles. The van der Waals surface area contributed by atoms with Crippen molar-refractivity contribution in [3.05, 3.63) is 58.1 Å². The highest BCUT2D eigenvalue weighted by molar-refractivity contribution is 7.09. The monoisotopic (exact) mass is 373 g/mol. The first-order valence-electron chi connectivity index (χ1n) is 7.64. The summed E-state index contributed by atoms with van der Waals surface area (Å²) in [7, 11) is 1.55. The Hall–Kier alpha value is -2.44. The molecule has 0 saturated carbocycles. The number of aromatic nitrogens is 2. The molecule has 0 aliphatic heterocycles. The first-order chi connectivity index (χ1) is 12.2. The molecule has 0 unspecified atom stereocenters. The number of benzene rings is 1. The van der Waals surface area contributed by atoms with Gasteiger partial charge in [0.05, 0.1) is 23.5 Å². The maximum absolute atomic E-state index is 12.2. The van der Waals surface area contributed by atoms with Crippen LogP contribution in [0.3, 0.4) is 0 Å². The highest BCUT2D eigenvalue weighted by Gasteiger charge is 2.10. The van der Waals surface area contributed by atoms with Crippen molar-refractivity contribution in [2.24, 2.45) is 0 Å². The number of rotatable bonds is 6. The molecular weight excluding hydrogens is 358 g/mol. The van der Waals surface area contributed by atoms with Gasteiger partial charge in [0.25, 0.3) is 0 Å². The SMILES string of the molecule is COc1ccc(Cl)cc1NC(=O)CCc1nc(-c2ccncc2)cs1. The van der Waals surface area contributed by atoms with Gasteiger partial charge in [0.2, 0.25) is 5.91 Å². The predicted molar refractivity (Wildman–Crippen MR) is 100 cm³/mol. The standard InChI is InChI=1S/C18H16ClN3O2S/c1-24-16-3-2-13(19)10-14(16)21-17(23)4-5-18-22-15(11-25-18)12-6-8-20-9-7-12/h2-3,6-11H,4-5H2,1H3,(H,21,23). The molecule has 0 radical (unpaired) electrons. The van der Waals surface area contributed by atoms with E-state index in [0.29, 0.717) is 29.3 Å². The second kappa shape index (κ2) is 8.09. The minimum Gasteiger partial charge on any atom is -0.495 e. The zero-order valence-corrected chi connectivity index (χ0v) is 15.1. The molecule has 0 bridgehead atoms. The average molecular weight is 374 g/mol. The molecule has 0 aliphatic carbocycles. The highest BCUT2D eigenvalue weighted by atomic mass is 35.5. The zero-order chi connectivity index (χ0) is 17.6. The van der Waals surface area contributed by atoms with E-state index in [4.69, 9.17) is 16.3 Å². The molecule has 1 amide bonds. The molecule has 0 atom stereocenters. The number of halogens is 1. The Morgan fingerprint density at radius 1 is 1.28 bits per heavy atom. The van der Waals surface area contributed by atoms with Crippen LogP contribution in [0.5, 0.6) is 5.75 Å². The second-order valence-corrected chi connectivity index (χ2v) is 6.63. The fourth-order valence-electron chi connectivity index (χ4n) is 2.29. The summed E-state index contributed by atoms with van der Waals surface area (Å²) in [6, 6.07) is 8.93. The van der Waals surface area contributed by atoms with Gasteiger partial charge in [0.15, 0.2) is 0 Å². The lowest BCUT2D eigenvalue weighted by Gasteiger charge is -2.10. The van der Waals surface area contributed by atoms with Crippen LogP contribution >= 0.6 is 22.9 Å². The van der Waals surface area contributed by atoms with Crippen molar-refractivity contribution >= 4 is 34.5 Å². The van der Waals surface area contributed by atoms with Gasteiger partial charge >= 0.3 is 0 Å². The van der Waals surface area contributed by atoms with E-state index in [1.54, 1.807) is 49.0 Å². The van der Waals surface area contributed by atoms with Gasteiger partial charge in [0.1, 0.15) is 5.75 Å². The van der Waals surface area contributed by atoms with Crippen molar-refractivity contribution in [2.45, 2.75) is 12.8 Å². The van der Waals surface area contributed by atoms with Crippen molar-refractivity contribution < 1.29 is 9.53 Å². The van der Waals surface area contributed by atoms with Gasteiger partial charge in [-0.15, -0.1) is 11.3 Å². The van der Waals surface area contributed by atoms with E-state index in [9.17, 15) is 4.79 Å². The molecule has 0 spiro atoms. The van der Waals surface area contributed by atoms with E-state index in [-0.39, 0.29) is 5.91 Å². The van der Waals surface area contributed by atoms with Crippen molar-refractivity contribution in [2.75, 3.05) is 12.4 Å². The van der Waals surface area contributed by atoms with E-state index >= 15 is 0 Å². The number of hydrogen-bond donors (Lipinski definition) is 1. The number of pyridine rings is 1. The quantitative estimate of drug-likeness (QED) is 0.693. The fraction of sp³-hybridized carbons (Fsp3) is 0.167. The second-order valence-electron chi connectivity index (χ2n) is 5.26. The minimum atomic E-state index is -0.110. The van der Waals surface area contributed by atoms with Gasteiger partial charge in [-0.2, -0.15) is 0 Å². The van der Waals surface area contributed by atoms with Gasteiger partial charge in [-0.05, 0) is 30.3 Å². The van der Waals surface area contributed by atoms with Gasteiger partial charge in [0, 0.05) is 41.2 Å². The number of ether oxygens (including phenoxy) is 1. The molecule has 128 valence electrons. The molecule has 2 heterocycles. The molecule has 25 heavy (non-hydrogen) atoms. The molecule has 1 N–H and O–H groups in total. The van der Waals surface area contributed by atoms with Crippen LogP contribution in [-0.2, 0) is 11.2 Å². The number of carbonyl (C=O) groups excluding carboxylic acids is 1. The van der Waals surface area contributed by atoms with Crippen molar-refractivity contribution in [1.29, 1.82) is 0 Å². The number of nitrogens with one attached hydrogen (secondary N) is 1. The van der Waals surface area contributed by atoms with Gasteiger partial charge in [-0.25, -0.2) is 4.98 Å². The molecule has 3 rings (SSSR count). The Balaban J connectivity index is 1.60. The lowest BCUT2D eigenvalue weighted by molar-refractivity contribution is -0.116. The normalized spacial score (nSPS) is 10.5. The maximum atomic E-state index is 12.2. The number of methoxy groups -OCH3 is 1. The third kappa shape index (κ3) is 4.55. The van der Waals surface area contributed by atoms with E-state index in [2.05, 4.69) is 15.3 Å². The zero-order valence-electron chi connectivity index (χ0n) is 13.5. The number of nitrogens with zero attached hydrogens (tertiary/aromatic N) is 2. The smallest absolute Gasteiger partial charge is 0.224 e. The first-order valence-corrected chi connectivity index (χ1v) is 8.89. The molecule has 0 fully saturated rings. The summed E-state index contributed by atoms with van der Waals surface area (Å²) >= 11 is 7.52. The van der Waals surface area contributed by atoms with E-state index < -0.39 is 0 Å². The van der Waals surface area contributed by atoms with Gasteiger partial charge in [-0.3, -0.25) is 9.78 Å². The Labute approximate surface area is 154 Å². The number of hydrogen-bond acceptors (Lipinski definition) is 5. The third-order valence-corrected chi connectivity index (χ3v) is 4.67. The largest absolute Gasteiger partial charge is 0.495 e.